The zero-order chi connectivity index (χ0) is 19.4. The Morgan fingerprint density at radius 1 is 1.30 bits per heavy atom. The molecule has 3 aliphatic rings. The van der Waals surface area contributed by atoms with E-state index < -0.39 is 28.4 Å². The number of nitrogens with one attached hydrogen (secondary N) is 1. The standard InChI is InChI=1S/C16H21N3O7S/c1-16(2)25-12-10(24-15(22-3)13(12)26-16)7-23-9-6-4-5-8-11(9)14(17)19-27(20,21)18-8/h4-6,10,12-13,15,18H,7H2,1-3H3,(H2,17,19). The van der Waals surface area contributed by atoms with Gasteiger partial charge in [0, 0.05) is 7.11 Å². The second-order valence-corrected chi connectivity index (χ2v) is 8.22. The van der Waals surface area contributed by atoms with Gasteiger partial charge in [0.2, 0.25) is 0 Å². The van der Waals surface area contributed by atoms with Gasteiger partial charge in [-0.3, -0.25) is 4.72 Å². The topological polar surface area (TPSA) is 131 Å². The van der Waals surface area contributed by atoms with E-state index in [1.54, 1.807) is 18.2 Å². The molecule has 0 bridgehead atoms. The first kappa shape index (κ1) is 18.4. The van der Waals surface area contributed by atoms with Gasteiger partial charge in [0.1, 0.15) is 30.7 Å². The Hall–Kier alpha value is -1.92. The zero-order valence-corrected chi connectivity index (χ0v) is 15.9. The van der Waals surface area contributed by atoms with E-state index in [1.807, 2.05) is 13.8 Å². The van der Waals surface area contributed by atoms with Crippen molar-refractivity contribution >= 4 is 21.7 Å². The Labute approximate surface area is 156 Å². The van der Waals surface area contributed by atoms with Gasteiger partial charge in [-0.15, -0.1) is 4.40 Å². The molecule has 3 aliphatic heterocycles. The van der Waals surface area contributed by atoms with Crippen LogP contribution in [0.25, 0.3) is 0 Å². The SMILES string of the molecule is COC1OC(COc2cccc3c2C(N)=NS(=O)(=O)N3)C2OC(C)(C)OC12. The lowest BCUT2D eigenvalue weighted by molar-refractivity contribution is -0.229. The third-order valence-corrected chi connectivity index (χ3v) is 5.40. The zero-order valence-electron chi connectivity index (χ0n) is 15.0. The van der Waals surface area contributed by atoms with Crippen molar-refractivity contribution in [3.05, 3.63) is 23.8 Å². The van der Waals surface area contributed by atoms with Crippen LogP contribution >= 0.6 is 0 Å². The number of fused-ring (bicyclic) bond motifs is 2. The van der Waals surface area contributed by atoms with Crippen molar-refractivity contribution in [1.29, 1.82) is 0 Å². The van der Waals surface area contributed by atoms with Gasteiger partial charge in [0.25, 0.3) is 0 Å². The van der Waals surface area contributed by atoms with Crippen molar-refractivity contribution in [2.45, 2.75) is 44.2 Å². The first-order valence-electron chi connectivity index (χ1n) is 8.37. The van der Waals surface area contributed by atoms with Crippen LogP contribution in [0, 0.1) is 0 Å². The molecule has 4 atom stereocenters. The summed E-state index contributed by atoms with van der Waals surface area (Å²) >= 11 is 0. The Morgan fingerprint density at radius 3 is 2.78 bits per heavy atom. The summed E-state index contributed by atoms with van der Waals surface area (Å²) in [5, 5.41) is 0. The molecular weight excluding hydrogens is 378 g/mol. The fourth-order valence-electron chi connectivity index (χ4n) is 3.48. The van der Waals surface area contributed by atoms with Crippen molar-refractivity contribution in [1.82, 2.24) is 0 Å². The van der Waals surface area contributed by atoms with E-state index in [4.69, 9.17) is 29.4 Å². The Balaban J connectivity index is 1.54. The second kappa shape index (κ2) is 6.31. The van der Waals surface area contributed by atoms with Crippen molar-refractivity contribution < 1.29 is 32.1 Å². The highest BCUT2D eigenvalue weighted by Gasteiger charge is 2.55. The first-order valence-corrected chi connectivity index (χ1v) is 9.81. The third kappa shape index (κ3) is 3.36. The number of hydrogen-bond donors (Lipinski definition) is 2. The van der Waals surface area contributed by atoms with Gasteiger partial charge in [-0.1, -0.05) is 6.07 Å². The van der Waals surface area contributed by atoms with Crippen LogP contribution in [0.15, 0.2) is 22.6 Å². The van der Waals surface area contributed by atoms with Crippen LogP contribution in [0.2, 0.25) is 0 Å². The van der Waals surface area contributed by atoms with Gasteiger partial charge in [0.05, 0.1) is 11.3 Å². The molecule has 148 valence electrons. The number of benzene rings is 1. The highest BCUT2D eigenvalue weighted by Crippen LogP contribution is 2.39. The van der Waals surface area contributed by atoms with Crippen LogP contribution in [0.5, 0.6) is 5.75 Å². The highest BCUT2D eigenvalue weighted by molar-refractivity contribution is 7.91. The summed E-state index contributed by atoms with van der Waals surface area (Å²) in [6.45, 7) is 3.79. The van der Waals surface area contributed by atoms with E-state index in [0.717, 1.165) is 0 Å². The van der Waals surface area contributed by atoms with Crippen molar-refractivity contribution in [2.75, 3.05) is 18.4 Å². The van der Waals surface area contributed by atoms with Gasteiger partial charge in [-0.05, 0) is 26.0 Å². The molecule has 0 spiro atoms. The van der Waals surface area contributed by atoms with Crippen LogP contribution < -0.4 is 15.2 Å². The van der Waals surface area contributed by atoms with Gasteiger partial charge in [-0.2, -0.15) is 8.42 Å². The number of ether oxygens (including phenoxy) is 5. The van der Waals surface area contributed by atoms with Crippen LogP contribution in [0.4, 0.5) is 5.69 Å². The molecule has 10 nitrogen and oxygen atoms in total. The monoisotopic (exact) mass is 399 g/mol. The predicted octanol–water partition coefficient (Wildman–Crippen LogP) is 0.332. The summed E-state index contributed by atoms with van der Waals surface area (Å²) in [7, 11) is -2.31. The molecule has 4 unspecified atom stereocenters. The molecular formula is C16H21N3O7S. The Morgan fingerprint density at radius 2 is 2.04 bits per heavy atom. The smallest absolute Gasteiger partial charge is 0.344 e. The number of amidine groups is 1. The van der Waals surface area contributed by atoms with E-state index >= 15 is 0 Å². The van der Waals surface area contributed by atoms with E-state index in [-0.39, 0.29) is 24.7 Å². The number of anilines is 1. The van der Waals surface area contributed by atoms with Gasteiger partial charge >= 0.3 is 10.2 Å². The number of nitrogens with two attached hydrogens (primary N) is 1. The largest absolute Gasteiger partial charge is 0.490 e. The van der Waals surface area contributed by atoms with Gasteiger partial charge < -0.3 is 29.4 Å². The van der Waals surface area contributed by atoms with Crippen LogP contribution in [0.1, 0.15) is 19.4 Å². The maximum absolute atomic E-state index is 11.7. The molecule has 0 radical (unpaired) electrons. The van der Waals surface area contributed by atoms with E-state index in [9.17, 15) is 8.42 Å². The number of nitrogens with zero attached hydrogens (tertiary/aromatic N) is 1. The fourth-order valence-corrected chi connectivity index (χ4v) is 4.32. The summed E-state index contributed by atoms with van der Waals surface area (Å²) in [5.74, 6) is -0.494. The lowest BCUT2D eigenvalue weighted by atomic mass is 10.1. The highest BCUT2D eigenvalue weighted by atomic mass is 32.2. The van der Waals surface area contributed by atoms with Crippen molar-refractivity contribution in [3.8, 4) is 5.75 Å². The molecule has 11 heteroatoms. The molecule has 0 saturated carbocycles. The minimum atomic E-state index is -3.85. The molecule has 3 heterocycles. The number of hydrogen-bond acceptors (Lipinski definition) is 8. The van der Waals surface area contributed by atoms with E-state index in [1.165, 1.54) is 7.11 Å². The van der Waals surface area contributed by atoms with Gasteiger partial charge in [-0.25, -0.2) is 0 Å². The van der Waals surface area contributed by atoms with Crippen LogP contribution in [0.3, 0.4) is 0 Å². The average molecular weight is 399 g/mol. The molecule has 0 aromatic heterocycles. The van der Waals surface area contributed by atoms with E-state index in [0.29, 0.717) is 17.0 Å². The molecule has 3 N–H and O–H groups in total. The third-order valence-electron chi connectivity index (χ3n) is 4.48. The molecule has 2 saturated heterocycles. The lowest BCUT2D eigenvalue weighted by Gasteiger charge is -2.24. The van der Waals surface area contributed by atoms with Crippen molar-refractivity contribution in [3.63, 3.8) is 0 Å². The summed E-state index contributed by atoms with van der Waals surface area (Å²) in [5.41, 5.74) is 6.52. The minimum Gasteiger partial charge on any atom is -0.490 e. The number of methoxy groups -OCH3 is 1. The first-order chi connectivity index (χ1) is 12.7. The molecule has 27 heavy (non-hydrogen) atoms. The Kier molecular flexibility index (Phi) is 4.31. The van der Waals surface area contributed by atoms with Gasteiger partial charge in [0.15, 0.2) is 17.9 Å². The normalized spacial score (nSPS) is 32.9. The summed E-state index contributed by atoms with van der Waals surface area (Å²) in [6, 6.07) is 4.92. The molecule has 1 aromatic rings. The maximum atomic E-state index is 11.7. The minimum absolute atomic E-state index is 0.136. The van der Waals surface area contributed by atoms with E-state index in [2.05, 4.69) is 9.12 Å². The quantitative estimate of drug-likeness (QED) is 0.741. The fraction of sp³-hybridized carbons (Fsp3) is 0.562. The predicted molar refractivity (Wildman–Crippen MR) is 94.7 cm³/mol. The molecule has 2 fully saturated rings. The number of rotatable bonds is 4. The molecule has 0 aliphatic carbocycles. The Bertz CT molecular complexity index is 886. The molecule has 4 rings (SSSR count). The second-order valence-electron chi connectivity index (χ2n) is 6.89. The summed E-state index contributed by atoms with van der Waals surface area (Å²) < 4.78 is 58.0. The van der Waals surface area contributed by atoms with Crippen LogP contribution in [-0.2, 0) is 29.2 Å². The molecule has 1 aromatic carbocycles. The summed E-state index contributed by atoms with van der Waals surface area (Å²) in [6.07, 6.45) is -1.71. The molecule has 0 amide bonds. The van der Waals surface area contributed by atoms with Crippen LogP contribution in [-0.4, -0.2) is 58.4 Å². The lowest BCUT2D eigenvalue weighted by Crippen LogP contribution is -2.34. The van der Waals surface area contributed by atoms with Crippen molar-refractivity contribution in [2.24, 2.45) is 10.1 Å². The summed E-state index contributed by atoms with van der Waals surface area (Å²) in [4.78, 5) is 0. The average Bonchev–Trinajstić information content (AvgIpc) is 3.04. The maximum Gasteiger partial charge on any atom is 0.344 e.